The number of H-pyrrole nitrogens is 1. The molecule has 31 heavy (non-hydrogen) atoms. The Morgan fingerprint density at radius 2 is 1.87 bits per heavy atom. The Balaban J connectivity index is 0.00000166. The predicted molar refractivity (Wildman–Crippen MR) is 116 cm³/mol. The highest BCUT2D eigenvalue weighted by Crippen LogP contribution is 2.20. The largest absolute Gasteiger partial charge is 0.361 e. The van der Waals surface area contributed by atoms with Crippen molar-refractivity contribution in [3.63, 3.8) is 0 Å². The van der Waals surface area contributed by atoms with Crippen molar-refractivity contribution in [3.8, 4) is 6.07 Å². The zero-order chi connectivity index (χ0) is 23.3. The molecule has 1 aromatic carbocycles. The summed E-state index contributed by atoms with van der Waals surface area (Å²) in [6, 6.07) is 8.41. The number of hydrogen-bond donors (Lipinski definition) is 1. The summed E-state index contributed by atoms with van der Waals surface area (Å²) in [6.07, 6.45) is 0. The van der Waals surface area contributed by atoms with E-state index in [0.29, 0.717) is 17.0 Å². The van der Waals surface area contributed by atoms with Gasteiger partial charge in [-0.2, -0.15) is 5.26 Å². The fourth-order valence-corrected chi connectivity index (χ4v) is 3.29. The molecule has 0 aliphatic carbocycles. The number of nitriles is 1. The van der Waals surface area contributed by atoms with E-state index < -0.39 is 17.0 Å². The molecular weight excluding hydrogens is 396 g/mol. The molecule has 0 fully saturated rings. The van der Waals surface area contributed by atoms with Crippen molar-refractivity contribution in [2.75, 3.05) is 0 Å². The summed E-state index contributed by atoms with van der Waals surface area (Å²) in [6.45, 7) is 11.0. The van der Waals surface area contributed by atoms with Crippen LogP contribution in [0.3, 0.4) is 0 Å². The number of aromatic nitrogens is 3. The maximum atomic E-state index is 13.4. The van der Waals surface area contributed by atoms with Gasteiger partial charge < -0.3 is 4.52 Å². The Morgan fingerprint density at radius 1 is 1.19 bits per heavy atom. The summed E-state index contributed by atoms with van der Waals surface area (Å²) in [5, 5.41) is 13.1. The molecule has 2 aromatic heterocycles. The van der Waals surface area contributed by atoms with Crippen LogP contribution in [0.25, 0.3) is 0 Å². The third-order valence-corrected chi connectivity index (χ3v) is 4.49. The first kappa shape index (κ1) is 23.5. The fourth-order valence-electron chi connectivity index (χ4n) is 3.29. The molecule has 8 heteroatoms. The Bertz CT molecular complexity index is 1260. The number of aromatic amines is 1. The van der Waals surface area contributed by atoms with Gasteiger partial charge in [-0.05, 0) is 43.5 Å². The lowest BCUT2D eigenvalue weighted by molar-refractivity contribution is 0.102. The van der Waals surface area contributed by atoms with Crippen molar-refractivity contribution in [2.24, 2.45) is 0 Å². The van der Waals surface area contributed by atoms with E-state index in [-0.39, 0.29) is 29.3 Å². The van der Waals surface area contributed by atoms with Crippen LogP contribution < -0.4 is 11.2 Å². The smallest absolute Gasteiger partial charge is 0.329 e. The Morgan fingerprint density at radius 3 is 2.42 bits per heavy atom. The summed E-state index contributed by atoms with van der Waals surface area (Å²) in [5.74, 6) is -0.257. The molecule has 0 amide bonds. The first-order chi connectivity index (χ1) is 14.7. The van der Waals surface area contributed by atoms with Gasteiger partial charge >= 0.3 is 5.69 Å². The Labute approximate surface area is 180 Å². The topological polar surface area (TPSA) is 122 Å². The highest BCUT2D eigenvalue weighted by Gasteiger charge is 2.25. The standard InChI is InChI=1S/C21H20N4O4.C2H6/c1-11(2)17-18(19(26)15-6-12(3)5-14(8-15)9-22)25(21(28)23-20(17)27)10-16-7-13(4)29-24-16;1-2/h5-8,11H,10H2,1-4H3,(H,23,27,28);1-2H3. The predicted octanol–water partition coefficient (Wildman–Crippen LogP) is 3.44. The number of carbonyl (C=O) groups excluding carboxylic acids is 1. The van der Waals surface area contributed by atoms with Gasteiger partial charge in [0.05, 0.1) is 18.2 Å². The minimum Gasteiger partial charge on any atom is -0.361 e. The SMILES string of the molecule is CC.Cc1cc(C#N)cc(C(=O)c2c(C(C)C)c(=O)[nH]c(=O)n2Cc2cc(C)on2)c1. The van der Waals surface area contributed by atoms with E-state index in [4.69, 9.17) is 4.52 Å². The van der Waals surface area contributed by atoms with E-state index in [2.05, 4.69) is 10.1 Å². The molecule has 1 N–H and O–H groups in total. The van der Waals surface area contributed by atoms with E-state index in [0.717, 1.165) is 5.56 Å². The van der Waals surface area contributed by atoms with Crippen molar-refractivity contribution < 1.29 is 9.32 Å². The summed E-state index contributed by atoms with van der Waals surface area (Å²) in [5.41, 5.74) is 0.611. The fraction of sp³-hybridized carbons (Fsp3) is 0.348. The average molecular weight is 422 g/mol. The van der Waals surface area contributed by atoms with E-state index in [1.165, 1.54) is 10.6 Å². The number of carbonyl (C=O) groups is 1. The lowest BCUT2D eigenvalue weighted by Crippen LogP contribution is -2.38. The maximum Gasteiger partial charge on any atom is 0.329 e. The molecule has 0 spiro atoms. The van der Waals surface area contributed by atoms with Gasteiger partial charge in [0.25, 0.3) is 5.56 Å². The summed E-state index contributed by atoms with van der Waals surface area (Å²) in [7, 11) is 0. The van der Waals surface area contributed by atoms with Gasteiger partial charge in [0.1, 0.15) is 17.1 Å². The van der Waals surface area contributed by atoms with E-state index >= 15 is 0 Å². The van der Waals surface area contributed by atoms with Gasteiger partial charge in [-0.25, -0.2) is 4.79 Å². The van der Waals surface area contributed by atoms with Crippen molar-refractivity contribution in [2.45, 2.75) is 54.0 Å². The molecule has 0 saturated heterocycles. The summed E-state index contributed by atoms with van der Waals surface area (Å²) in [4.78, 5) is 40.9. The normalized spacial score (nSPS) is 10.4. The minimum atomic E-state index is -0.712. The number of rotatable bonds is 5. The van der Waals surface area contributed by atoms with Crippen LogP contribution in [0, 0.1) is 25.2 Å². The number of nitrogens with zero attached hydrogens (tertiary/aromatic N) is 3. The van der Waals surface area contributed by atoms with Gasteiger partial charge in [-0.3, -0.25) is 19.1 Å². The van der Waals surface area contributed by atoms with Crippen LogP contribution in [0.5, 0.6) is 0 Å². The summed E-state index contributed by atoms with van der Waals surface area (Å²) < 4.78 is 6.25. The third kappa shape index (κ3) is 5.07. The second kappa shape index (κ2) is 9.85. The lowest BCUT2D eigenvalue weighted by Gasteiger charge is -2.17. The molecule has 0 aliphatic heterocycles. The van der Waals surface area contributed by atoms with Crippen LogP contribution in [-0.4, -0.2) is 20.5 Å². The molecule has 3 aromatic rings. The van der Waals surface area contributed by atoms with Gasteiger partial charge in [0.2, 0.25) is 5.78 Å². The first-order valence-electron chi connectivity index (χ1n) is 10.1. The molecule has 2 heterocycles. The number of benzene rings is 1. The molecule has 0 aliphatic rings. The first-order valence-corrected chi connectivity index (χ1v) is 10.1. The van der Waals surface area contributed by atoms with Crippen molar-refractivity contribution in [1.29, 1.82) is 5.26 Å². The van der Waals surface area contributed by atoms with Crippen molar-refractivity contribution in [3.05, 3.63) is 84.5 Å². The molecular formula is C23H26N4O4. The van der Waals surface area contributed by atoms with Crippen molar-refractivity contribution >= 4 is 5.78 Å². The van der Waals surface area contributed by atoms with Gasteiger partial charge in [0.15, 0.2) is 0 Å². The molecule has 8 nitrogen and oxygen atoms in total. The number of hydrogen-bond acceptors (Lipinski definition) is 6. The quantitative estimate of drug-likeness (QED) is 0.629. The third-order valence-electron chi connectivity index (χ3n) is 4.49. The van der Waals surface area contributed by atoms with Crippen LogP contribution in [0.4, 0.5) is 0 Å². The highest BCUT2D eigenvalue weighted by molar-refractivity contribution is 6.09. The van der Waals surface area contributed by atoms with E-state index in [1.807, 2.05) is 19.9 Å². The van der Waals surface area contributed by atoms with Gasteiger partial charge in [-0.15, -0.1) is 0 Å². The van der Waals surface area contributed by atoms with Crippen LogP contribution in [0.15, 0.2) is 38.4 Å². The second-order valence-electron chi connectivity index (χ2n) is 7.22. The number of aryl methyl sites for hydroxylation is 2. The van der Waals surface area contributed by atoms with Crippen molar-refractivity contribution in [1.82, 2.24) is 14.7 Å². The molecule has 0 saturated carbocycles. The molecule has 0 radical (unpaired) electrons. The minimum absolute atomic E-state index is 0.0103. The molecule has 0 atom stereocenters. The van der Waals surface area contributed by atoms with E-state index in [1.54, 1.807) is 45.9 Å². The Hall–Kier alpha value is -3.73. The zero-order valence-corrected chi connectivity index (χ0v) is 18.6. The molecule has 162 valence electrons. The molecule has 0 bridgehead atoms. The van der Waals surface area contributed by atoms with Crippen LogP contribution in [0.1, 0.15) is 77.8 Å². The van der Waals surface area contributed by atoms with Gasteiger partial charge in [0, 0.05) is 17.2 Å². The second-order valence-corrected chi connectivity index (χ2v) is 7.22. The average Bonchev–Trinajstić information content (AvgIpc) is 3.14. The lowest BCUT2D eigenvalue weighted by atomic mass is 9.95. The highest BCUT2D eigenvalue weighted by atomic mass is 16.5. The van der Waals surface area contributed by atoms with Crippen LogP contribution in [-0.2, 0) is 6.54 Å². The zero-order valence-electron chi connectivity index (χ0n) is 18.6. The molecule has 3 rings (SSSR count). The summed E-state index contributed by atoms with van der Waals surface area (Å²) >= 11 is 0. The van der Waals surface area contributed by atoms with Crippen LogP contribution in [0.2, 0.25) is 0 Å². The van der Waals surface area contributed by atoms with Gasteiger partial charge in [-0.1, -0.05) is 32.9 Å². The number of ketones is 1. The van der Waals surface area contributed by atoms with E-state index in [9.17, 15) is 19.6 Å². The number of nitrogens with one attached hydrogen (secondary N) is 1. The molecule has 0 unspecified atom stereocenters. The maximum absolute atomic E-state index is 13.4. The van der Waals surface area contributed by atoms with Crippen LogP contribution >= 0.6 is 0 Å². The Kier molecular flexibility index (Phi) is 7.48. The monoisotopic (exact) mass is 422 g/mol.